The lowest BCUT2D eigenvalue weighted by Gasteiger charge is -2.29. The Labute approximate surface area is 331 Å². The van der Waals surface area contributed by atoms with Gasteiger partial charge in [-0.2, -0.15) is 10.00 Å². The van der Waals surface area contributed by atoms with E-state index >= 15 is 4.39 Å². The number of nitrogens with zero attached hydrogens (tertiary/aromatic N) is 6. The third kappa shape index (κ3) is 10.5. The van der Waals surface area contributed by atoms with Gasteiger partial charge in [-0.3, -0.25) is 19.8 Å². The van der Waals surface area contributed by atoms with Gasteiger partial charge in [0.15, 0.2) is 11.6 Å². The molecule has 4 aromatic rings. The molecule has 17 heteroatoms. The molecule has 1 aliphatic heterocycles. The van der Waals surface area contributed by atoms with Gasteiger partial charge in [-0.15, -0.1) is 0 Å². The summed E-state index contributed by atoms with van der Waals surface area (Å²) < 4.78 is 40.3. The van der Waals surface area contributed by atoms with Crippen LogP contribution in [0.1, 0.15) is 73.6 Å². The van der Waals surface area contributed by atoms with Crippen molar-refractivity contribution in [2.75, 3.05) is 42.3 Å². The smallest absolute Gasteiger partial charge is 0.424 e. The minimum Gasteiger partial charge on any atom is -0.444 e. The summed E-state index contributed by atoms with van der Waals surface area (Å²) in [7, 11) is 1.59. The Morgan fingerprint density at radius 1 is 0.877 bits per heavy atom. The number of pyridine rings is 2. The number of carbonyl (C=O) groups excluding carboxylic acids is 4. The summed E-state index contributed by atoms with van der Waals surface area (Å²) in [6.07, 6.45) is 1.73. The summed E-state index contributed by atoms with van der Waals surface area (Å²) >= 11 is 0. The summed E-state index contributed by atoms with van der Waals surface area (Å²) in [5, 5.41) is 11.0. The fourth-order valence-electron chi connectivity index (χ4n) is 5.99. The molecule has 0 spiro atoms. The second-order valence-corrected chi connectivity index (χ2v) is 16.6. The van der Waals surface area contributed by atoms with Gasteiger partial charge in [-0.25, -0.2) is 23.8 Å². The largest absolute Gasteiger partial charge is 0.444 e. The first kappa shape index (κ1) is 42.3. The Hall–Kier alpha value is -5.84. The van der Waals surface area contributed by atoms with Crippen molar-refractivity contribution in [3.05, 3.63) is 53.9 Å². The van der Waals surface area contributed by atoms with Crippen LogP contribution in [0, 0.1) is 12.7 Å². The molecule has 16 nitrogen and oxygen atoms in total. The molecule has 4 amide bonds. The minimum atomic E-state index is -1.02. The molecule has 0 bridgehead atoms. The summed E-state index contributed by atoms with van der Waals surface area (Å²) in [4.78, 5) is 64.3. The SMILES string of the molecule is COCCN1CCc2cc(Nc3cc4cc(-c5cncc(N(C(=O)OC(C)(C)C)C(=O)OC(C)(C)C)c5C)c(F)c(NC(=O)OC(C)(C)C)c4cn3)nn2CC1=O. The second kappa shape index (κ2) is 16.3. The number of hydrogen-bond acceptors (Lipinski definition) is 12. The van der Waals surface area contributed by atoms with Crippen LogP contribution in [0.2, 0.25) is 0 Å². The number of amides is 4. The van der Waals surface area contributed by atoms with E-state index in [1.165, 1.54) is 18.6 Å². The molecule has 0 atom stereocenters. The van der Waals surface area contributed by atoms with Gasteiger partial charge in [0.05, 0.1) is 24.2 Å². The van der Waals surface area contributed by atoms with Crippen LogP contribution in [0.5, 0.6) is 0 Å². The summed E-state index contributed by atoms with van der Waals surface area (Å²) in [5.74, 6) is -0.130. The molecule has 1 aliphatic rings. The number of imide groups is 1. The van der Waals surface area contributed by atoms with E-state index in [0.29, 0.717) is 43.1 Å². The van der Waals surface area contributed by atoms with Gasteiger partial charge < -0.3 is 29.2 Å². The van der Waals surface area contributed by atoms with Crippen LogP contribution in [0.3, 0.4) is 0 Å². The van der Waals surface area contributed by atoms with E-state index in [1.807, 2.05) is 6.07 Å². The normalized spacial score (nSPS) is 13.5. The lowest BCUT2D eigenvalue weighted by molar-refractivity contribution is -0.132. The zero-order valence-electron chi connectivity index (χ0n) is 34.3. The number of carbonyl (C=O) groups is 4. The summed E-state index contributed by atoms with van der Waals surface area (Å²) in [6.45, 7) is 18.1. The van der Waals surface area contributed by atoms with Crippen LogP contribution in [-0.2, 0) is 36.7 Å². The van der Waals surface area contributed by atoms with Crippen molar-refractivity contribution in [3.63, 3.8) is 0 Å². The standard InChI is InChI=1S/C40H51FN8O8/c1-23-27(19-42-21-29(23)49(36(52)56-39(5,6)7)37(53)57-40(8,9)10)26-16-24-17-30(43-20-28(24)34(33(26)41)45-35(51)55-38(2,3)4)44-31-18-25-12-13-47(14-15-54-11)32(50)22-48(25)46-31/h16-21H,12-15,22H2,1-11H3,(H,45,51)(H,43,44,46). The van der Waals surface area contributed by atoms with E-state index < -0.39 is 40.9 Å². The zero-order chi connectivity index (χ0) is 42.0. The molecule has 0 aliphatic carbocycles. The molecule has 2 N–H and O–H groups in total. The predicted molar refractivity (Wildman–Crippen MR) is 212 cm³/mol. The van der Waals surface area contributed by atoms with Crippen LogP contribution < -0.4 is 15.5 Å². The third-order valence-corrected chi connectivity index (χ3v) is 8.42. The Kier molecular flexibility index (Phi) is 12.1. The molecular formula is C40H51FN8O8. The lowest BCUT2D eigenvalue weighted by Crippen LogP contribution is -2.44. The molecule has 0 saturated carbocycles. The maximum atomic E-state index is 16.9. The van der Waals surface area contributed by atoms with Crippen LogP contribution in [-0.4, -0.2) is 92.4 Å². The lowest BCUT2D eigenvalue weighted by atomic mass is 9.97. The third-order valence-electron chi connectivity index (χ3n) is 8.42. The molecular weight excluding hydrogens is 739 g/mol. The highest BCUT2D eigenvalue weighted by molar-refractivity contribution is 6.11. The zero-order valence-corrected chi connectivity index (χ0v) is 34.3. The first-order valence-electron chi connectivity index (χ1n) is 18.5. The van der Waals surface area contributed by atoms with Gasteiger partial charge in [-0.1, -0.05) is 0 Å². The average Bonchev–Trinajstić information content (AvgIpc) is 3.37. The first-order chi connectivity index (χ1) is 26.5. The van der Waals surface area contributed by atoms with E-state index in [1.54, 1.807) is 98.1 Å². The highest BCUT2D eigenvalue weighted by atomic mass is 19.1. The van der Waals surface area contributed by atoms with Gasteiger partial charge in [-0.05, 0) is 92.3 Å². The predicted octanol–water partition coefficient (Wildman–Crippen LogP) is 7.74. The number of benzene rings is 1. The van der Waals surface area contributed by atoms with Crippen molar-refractivity contribution >= 4 is 58.0 Å². The summed E-state index contributed by atoms with van der Waals surface area (Å²) in [5.41, 5.74) is -1.74. The number of ether oxygens (including phenoxy) is 4. The number of anilines is 4. The number of hydrogen-bond donors (Lipinski definition) is 2. The maximum absolute atomic E-state index is 16.9. The Morgan fingerprint density at radius 2 is 1.53 bits per heavy atom. The van der Waals surface area contributed by atoms with Crippen LogP contribution in [0.4, 0.5) is 41.8 Å². The quantitative estimate of drug-likeness (QED) is 0.166. The molecule has 3 aromatic heterocycles. The monoisotopic (exact) mass is 790 g/mol. The topological polar surface area (TPSA) is 179 Å². The Bertz CT molecular complexity index is 2160. The van der Waals surface area contributed by atoms with Crippen molar-refractivity contribution in [1.29, 1.82) is 0 Å². The fraction of sp³-hybridized carbons (Fsp3) is 0.475. The Balaban J connectivity index is 1.59. The van der Waals surface area contributed by atoms with Gasteiger partial charge >= 0.3 is 18.3 Å². The van der Waals surface area contributed by atoms with Crippen molar-refractivity contribution < 1.29 is 42.5 Å². The molecule has 57 heavy (non-hydrogen) atoms. The van der Waals surface area contributed by atoms with Gasteiger partial charge in [0.25, 0.3) is 0 Å². The van der Waals surface area contributed by atoms with Crippen LogP contribution in [0.15, 0.2) is 36.8 Å². The number of nitrogens with one attached hydrogen (secondary N) is 2. The molecule has 0 fully saturated rings. The van der Waals surface area contributed by atoms with Gasteiger partial charge in [0.1, 0.15) is 29.2 Å². The molecule has 0 saturated heterocycles. The number of aromatic nitrogens is 4. The number of halogens is 1. The maximum Gasteiger partial charge on any atom is 0.424 e. The summed E-state index contributed by atoms with van der Waals surface area (Å²) in [6, 6.07) is 5.04. The van der Waals surface area contributed by atoms with Crippen molar-refractivity contribution in [2.24, 2.45) is 0 Å². The van der Waals surface area contributed by atoms with E-state index in [-0.39, 0.29) is 45.9 Å². The van der Waals surface area contributed by atoms with E-state index in [4.69, 9.17) is 18.9 Å². The van der Waals surface area contributed by atoms with Crippen molar-refractivity contribution in [3.8, 4) is 11.1 Å². The minimum absolute atomic E-state index is 0.00548. The van der Waals surface area contributed by atoms with Gasteiger partial charge in [0.2, 0.25) is 5.91 Å². The Morgan fingerprint density at radius 3 is 2.14 bits per heavy atom. The second-order valence-electron chi connectivity index (χ2n) is 16.6. The van der Waals surface area contributed by atoms with Crippen LogP contribution in [0.25, 0.3) is 21.9 Å². The number of rotatable bonds is 8. The highest BCUT2D eigenvalue weighted by Gasteiger charge is 2.35. The van der Waals surface area contributed by atoms with Gasteiger partial charge in [0, 0.05) is 67.3 Å². The van der Waals surface area contributed by atoms with E-state index in [0.717, 1.165) is 10.6 Å². The molecule has 0 unspecified atom stereocenters. The van der Waals surface area contributed by atoms with E-state index in [9.17, 15) is 19.2 Å². The van der Waals surface area contributed by atoms with Crippen molar-refractivity contribution in [2.45, 2.75) is 99.0 Å². The number of methoxy groups -OCH3 is 1. The van der Waals surface area contributed by atoms with Crippen molar-refractivity contribution in [1.82, 2.24) is 24.6 Å². The number of fused-ring (bicyclic) bond motifs is 2. The first-order valence-corrected chi connectivity index (χ1v) is 18.5. The van der Waals surface area contributed by atoms with Crippen LogP contribution >= 0.6 is 0 Å². The highest BCUT2D eigenvalue weighted by Crippen LogP contribution is 2.39. The molecule has 1 aromatic carbocycles. The fourth-order valence-corrected chi connectivity index (χ4v) is 5.99. The average molecular weight is 791 g/mol. The molecule has 306 valence electrons. The molecule has 4 heterocycles. The molecule has 5 rings (SSSR count). The van der Waals surface area contributed by atoms with E-state index in [2.05, 4.69) is 25.7 Å². The molecule has 0 radical (unpaired) electrons.